The predicted octanol–water partition coefficient (Wildman–Crippen LogP) is 0.819. The fraction of sp³-hybridized carbons (Fsp3) is 0.385. The number of benzene rings is 1. The smallest absolute Gasteiger partial charge is 0.311 e. The molecule has 1 atom stereocenters. The quantitative estimate of drug-likeness (QED) is 0.537. The largest absolute Gasteiger partial charge is 0.490 e. The van der Waals surface area contributed by atoms with Gasteiger partial charge in [-0.25, -0.2) is 0 Å². The van der Waals surface area contributed by atoms with E-state index in [-0.39, 0.29) is 30.3 Å². The maximum Gasteiger partial charge on any atom is 0.311 e. The van der Waals surface area contributed by atoms with E-state index in [1.807, 2.05) is 0 Å². The van der Waals surface area contributed by atoms with E-state index in [4.69, 9.17) is 14.6 Å². The van der Waals surface area contributed by atoms with Crippen molar-refractivity contribution in [3.05, 3.63) is 28.3 Å². The number of hydrogen-bond acceptors (Lipinski definition) is 6. The third kappa shape index (κ3) is 4.93. The molecule has 0 spiro atoms. The summed E-state index contributed by atoms with van der Waals surface area (Å²) in [6, 6.07) is 3.84. The first-order chi connectivity index (χ1) is 10.3. The van der Waals surface area contributed by atoms with Crippen LogP contribution in [0.4, 0.5) is 5.69 Å². The van der Waals surface area contributed by atoms with Gasteiger partial charge in [-0.2, -0.15) is 0 Å². The molecule has 0 heterocycles. The first-order valence-electron chi connectivity index (χ1n) is 6.30. The van der Waals surface area contributed by atoms with Crippen LogP contribution < -0.4 is 14.8 Å². The molecule has 0 aliphatic heterocycles. The van der Waals surface area contributed by atoms with Gasteiger partial charge in [0.05, 0.1) is 18.0 Å². The molecule has 1 rings (SSSR count). The lowest BCUT2D eigenvalue weighted by molar-refractivity contribution is -0.385. The van der Waals surface area contributed by atoms with Crippen molar-refractivity contribution in [1.29, 1.82) is 0 Å². The van der Waals surface area contributed by atoms with E-state index in [0.717, 1.165) is 0 Å². The summed E-state index contributed by atoms with van der Waals surface area (Å²) in [6.45, 7) is 1.11. The zero-order valence-corrected chi connectivity index (χ0v) is 12.1. The molecule has 0 aliphatic carbocycles. The lowest BCUT2D eigenvalue weighted by Gasteiger charge is -2.10. The number of nitro groups is 1. The summed E-state index contributed by atoms with van der Waals surface area (Å²) < 4.78 is 10.0. The number of amides is 1. The Morgan fingerprint density at radius 2 is 2.14 bits per heavy atom. The van der Waals surface area contributed by atoms with Crippen LogP contribution in [0.2, 0.25) is 0 Å². The SMILES string of the molecule is COc1cc(OCC(=O)NCC(C)C(=O)O)ccc1[N+](=O)[O-]. The molecule has 9 nitrogen and oxygen atoms in total. The second-order valence-electron chi connectivity index (χ2n) is 4.42. The van der Waals surface area contributed by atoms with Crippen LogP contribution in [-0.4, -0.2) is 42.2 Å². The fourth-order valence-corrected chi connectivity index (χ4v) is 1.45. The van der Waals surface area contributed by atoms with Crippen molar-refractivity contribution in [2.75, 3.05) is 20.3 Å². The molecule has 2 N–H and O–H groups in total. The Hall–Kier alpha value is -2.84. The number of hydrogen-bond donors (Lipinski definition) is 2. The normalized spacial score (nSPS) is 11.4. The predicted molar refractivity (Wildman–Crippen MR) is 75.0 cm³/mol. The van der Waals surface area contributed by atoms with Gasteiger partial charge in [-0.1, -0.05) is 6.92 Å². The van der Waals surface area contributed by atoms with Crippen molar-refractivity contribution in [2.24, 2.45) is 5.92 Å². The van der Waals surface area contributed by atoms with Gasteiger partial charge >= 0.3 is 11.7 Å². The molecule has 0 saturated carbocycles. The van der Waals surface area contributed by atoms with Crippen LogP contribution in [0.3, 0.4) is 0 Å². The highest BCUT2D eigenvalue weighted by atomic mass is 16.6. The third-order valence-electron chi connectivity index (χ3n) is 2.74. The van der Waals surface area contributed by atoms with E-state index in [1.54, 1.807) is 0 Å². The molecule has 1 unspecified atom stereocenters. The Kier molecular flexibility index (Phi) is 6.11. The number of methoxy groups -OCH3 is 1. The minimum Gasteiger partial charge on any atom is -0.490 e. The minimum absolute atomic E-state index is 0.0128. The van der Waals surface area contributed by atoms with Crippen LogP contribution in [0.25, 0.3) is 0 Å². The number of aliphatic carboxylic acids is 1. The summed E-state index contributed by atoms with van der Waals surface area (Å²) in [5.41, 5.74) is -0.213. The van der Waals surface area contributed by atoms with Gasteiger partial charge in [-0.05, 0) is 6.07 Å². The highest BCUT2D eigenvalue weighted by Gasteiger charge is 2.16. The monoisotopic (exact) mass is 312 g/mol. The molecule has 22 heavy (non-hydrogen) atoms. The Labute approximate surface area is 126 Å². The maximum atomic E-state index is 11.5. The molecule has 1 amide bonds. The summed E-state index contributed by atoms with van der Waals surface area (Å²) in [7, 11) is 1.28. The van der Waals surface area contributed by atoms with E-state index in [9.17, 15) is 19.7 Å². The molecule has 120 valence electrons. The topological polar surface area (TPSA) is 128 Å². The fourth-order valence-electron chi connectivity index (χ4n) is 1.45. The van der Waals surface area contributed by atoms with E-state index >= 15 is 0 Å². The van der Waals surface area contributed by atoms with Crippen LogP contribution in [-0.2, 0) is 9.59 Å². The number of carbonyl (C=O) groups is 2. The molecule has 0 fully saturated rings. The van der Waals surface area contributed by atoms with E-state index in [2.05, 4.69) is 5.32 Å². The van der Waals surface area contributed by atoms with Crippen LogP contribution in [0.15, 0.2) is 18.2 Å². The number of rotatable bonds is 8. The average molecular weight is 312 g/mol. The lowest BCUT2D eigenvalue weighted by Crippen LogP contribution is -2.34. The minimum atomic E-state index is -1.01. The summed E-state index contributed by atoms with van der Waals surface area (Å²) in [5, 5.41) is 21.8. The van der Waals surface area contributed by atoms with Crippen LogP contribution >= 0.6 is 0 Å². The Morgan fingerprint density at radius 1 is 1.45 bits per heavy atom. The Balaban J connectivity index is 2.56. The molecule has 0 bridgehead atoms. The van der Waals surface area contributed by atoms with Gasteiger partial charge in [0.15, 0.2) is 6.61 Å². The van der Waals surface area contributed by atoms with Gasteiger partial charge in [0.2, 0.25) is 5.75 Å². The highest BCUT2D eigenvalue weighted by molar-refractivity contribution is 5.78. The molecule has 9 heteroatoms. The zero-order valence-electron chi connectivity index (χ0n) is 12.1. The van der Waals surface area contributed by atoms with Crippen LogP contribution in [0.1, 0.15) is 6.92 Å². The highest BCUT2D eigenvalue weighted by Crippen LogP contribution is 2.30. The number of carboxylic acids is 1. The lowest BCUT2D eigenvalue weighted by atomic mass is 10.2. The second-order valence-corrected chi connectivity index (χ2v) is 4.42. The molecule has 0 radical (unpaired) electrons. The second kappa shape index (κ2) is 7.81. The number of carboxylic acid groups (broad SMARTS) is 1. The van der Waals surface area contributed by atoms with Crippen LogP contribution in [0.5, 0.6) is 11.5 Å². The molecular weight excluding hydrogens is 296 g/mol. The summed E-state index contributed by atoms with van der Waals surface area (Å²) in [4.78, 5) is 32.2. The number of ether oxygens (including phenoxy) is 2. The van der Waals surface area contributed by atoms with Crippen molar-refractivity contribution >= 4 is 17.6 Å². The van der Waals surface area contributed by atoms with Gasteiger partial charge in [0.1, 0.15) is 5.75 Å². The van der Waals surface area contributed by atoms with Crippen molar-refractivity contribution in [3.8, 4) is 11.5 Å². The molecule has 0 aliphatic rings. The number of nitrogens with zero attached hydrogens (tertiary/aromatic N) is 1. The van der Waals surface area contributed by atoms with Crippen molar-refractivity contribution < 1.29 is 29.1 Å². The summed E-state index contributed by atoms with van der Waals surface area (Å²) >= 11 is 0. The third-order valence-corrected chi connectivity index (χ3v) is 2.74. The molecule has 1 aromatic carbocycles. The van der Waals surface area contributed by atoms with Gasteiger partial charge in [-0.3, -0.25) is 19.7 Å². The van der Waals surface area contributed by atoms with E-state index in [0.29, 0.717) is 0 Å². The summed E-state index contributed by atoms with van der Waals surface area (Å²) in [6.07, 6.45) is 0. The van der Waals surface area contributed by atoms with E-state index < -0.39 is 22.7 Å². The van der Waals surface area contributed by atoms with Crippen molar-refractivity contribution in [1.82, 2.24) is 5.32 Å². The van der Waals surface area contributed by atoms with Gasteiger partial charge < -0.3 is 19.9 Å². The molecule has 1 aromatic rings. The molecule has 0 aromatic heterocycles. The van der Waals surface area contributed by atoms with Crippen molar-refractivity contribution in [2.45, 2.75) is 6.92 Å². The number of nitrogens with one attached hydrogen (secondary N) is 1. The van der Waals surface area contributed by atoms with Gasteiger partial charge in [-0.15, -0.1) is 0 Å². The van der Waals surface area contributed by atoms with Gasteiger partial charge in [0, 0.05) is 18.7 Å². The molecule has 0 saturated heterocycles. The number of carbonyl (C=O) groups excluding carboxylic acids is 1. The first-order valence-corrected chi connectivity index (χ1v) is 6.30. The standard InChI is InChI=1S/C13H16N2O7/c1-8(13(17)18)6-14-12(16)7-22-9-3-4-10(15(19)20)11(5-9)21-2/h3-5,8H,6-7H2,1-2H3,(H,14,16)(H,17,18). The van der Waals surface area contributed by atoms with Crippen molar-refractivity contribution in [3.63, 3.8) is 0 Å². The zero-order chi connectivity index (χ0) is 16.7. The maximum absolute atomic E-state index is 11.5. The number of nitro benzene ring substituents is 1. The van der Waals surface area contributed by atoms with Crippen LogP contribution in [0, 0.1) is 16.0 Å². The Morgan fingerprint density at radius 3 is 2.68 bits per heavy atom. The van der Waals surface area contributed by atoms with E-state index in [1.165, 1.54) is 32.2 Å². The molecular formula is C13H16N2O7. The summed E-state index contributed by atoms with van der Waals surface area (Å²) in [5.74, 6) is -1.97. The van der Waals surface area contributed by atoms with Gasteiger partial charge in [0.25, 0.3) is 5.91 Å². The first kappa shape index (κ1) is 17.2. The Bertz CT molecular complexity index is 574. The average Bonchev–Trinajstić information content (AvgIpc) is 2.49.